The molecule has 0 bridgehead atoms. The second-order valence-corrected chi connectivity index (χ2v) is 5.90. The Morgan fingerprint density at radius 2 is 2.05 bits per heavy atom. The van der Waals surface area contributed by atoms with Gasteiger partial charge in [0.2, 0.25) is 5.76 Å². The molecule has 0 radical (unpaired) electrons. The van der Waals surface area contributed by atoms with Gasteiger partial charge in [0.25, 0.3) is 5.91 Å². The van der Waals surface area contributed by atoms with Crippen LogP contribution in [0.1, 0.15) is 48.3 Å². The van der Waals surface area contributed by atoms with Crippen LogP contribution in [0.4, 0.5) is 0 Å². The van der Waals surface area contributed by atoms with Gasteiger partial charge in [0, 0.05) is 25.1 Å². The summed E-state index contributed by atoms with van der Waals surface area (Å²) in [4.78, 5) is 24.8. The van der Waals surface area contributed by atoms with Crippen molar-refractivity contribution in [3.8, 4) is 0 Å². The first kappa shape index (κ1) is 15.6. The van der Waals surface area contributed by atoms with Gasteiger partial charge in [-0.05, 0) is 25.5 Å². The van der Waals surface area contributed by atoms with E-state index in [0.29, 0.717) is 6.61 Å². The highest BCUT2D eigenvalue weighted by molar-refractivity contribution is 5.93. The second-order valence-electron chi connectivity index (χ2n) is 5.90. The van der Waals surface area contributed by atoms with E-state index in [1.54, 1.807) is 11.9 Å². The van der Waals surface area contributed by atoms with E-state index in [1.165, 1.54) is 12.1 Å². The minimum absolute atomic E-state index is 0.0416. The molecular formula is C15H21NO5. The number of rotatable bonds is 5. The summed E-state index contributed by atoms with van der Waals surface area (Å²) >= 11 is 0. The Morgan fingerprint density at radius 1 is 1.43 bits per heavy atom. The van der Waals surface area contributed by atoms with E-state index in [4.69, 9.17) is 14.3 Å². The highest BCUT2D eigenvalue weighted by Crippen LogP contribution is 2.45. The summed E-state index contributed by atoms with van der Waals surface area (Å²) in [6.45, 7) is 6.74. The number of hydrogen-bond acceptors (Lipinski definition) is 4. The van der Waals surface area contributed by atoms with Gasteiger partial charge in [-0.2, -0.15) is 0 Å². The average molecular weight is 295 g/mol. The fourth-order valence-electron chi connectivity index (χ4n) is 2.89. The maximum Gasteiger partial charge on any atom is 0.371 e. The molecule has 1 aromatic heterocycles. The molecule has 6 heteroatoms. The zero-order valence-corrected chi connectivity index (χ0v) is 12.8. The molecule has 1 heterocycles. The SMILES string of the molecule is CCO[C@@H]1C[C@@H](N(C)C(=O)c2ccc(C(=O)O)o2)C1(C)C. The number of carboxylic acids is 1. The lowest BCUT2D eigenvalue weighted by atomic mass is 9.64. The van der Waals surface area contributed by atoms with Crippen molar-refractivity contribution in [2.24, 2.45) is 5.41 Å². The van der Waals surface area contributed by atoms with Gasteiger partial charge < -0.3 is 19.2 Å². The molecule has 2 rings (SSSR count). The Bertz CT molecular complexity index is 548. The van der Waals surface area contributed by atoms with Crippen LogP contribution in [0.15, 0.2) is 16.5 Å². The van der Waals surface area contributed by atoms with Gasteiger partial charge in [-0.1, -0.05) is 13.8 Å². The number of carbonyl (C=O) groups excluding carboxylic acids is 1. The van der Waals surface area contributed by atoms with Crippen molar-refractivity contribution in [2.45, 2.75) is 39.3 Å². The first-order chi connectivity index (χ1) is 9.78. The molecule has 0 spiro atoms. The Kier molecular flexibility index (Phi) is 4.09. The van der Waals surface area contributed by atoms with E-state index in [9.17, 15) is 9.59 Å². The largest absolute Gasteiger partial charge is 0.475 e. The molecule has 1 aliphatic rings. The van der Waals surface area contributed by atoms with Crippen molar-refractivity contribution < 1.29 is 23.8 Å². The molecule has 0 unspecified atom stereocenters. The lowest BCUT2D eigenvalue weighted by Crippen LogP contribution is -2.62. The van der Waals surface area contributed by atoms with Crippen LogP contribution in [-0.4, -0.2) is 47.7 Å². The normalized spacial score (nSPS) is 23.4. The lowest BCUT2D eigenvalue weighted by Gasteiger charge is -2.54. The molecular weight excluding hydrogens is 274 g/mol. The summed E-state index contributed by atoms with van der Waals surface area (Å²) in [6.07, 6.45) is 0.907. The number of nitrogens with zero attached hydrogens (tertiary/aromatic N) is 1. The number of carbonyl (C=O) groups is 2. The molecule has 1 aliphatic carbocycles. The first-order valence-electron chi connectivity index (χ1n) is 7.01. The van der Waals surface area contributed by atoms with E-state index in [-0.39, 0.29) is 35.0 Å². The third-order valence-corrected chi connectivity index (χ3v) is 4.31. The zero-order chi connectivity index (χ0) is 15.8. The fraction of sp³-hybridized carbons (Fsp3) is 0.600. The third kappa shape index (κ3) is 2.68. The average Bonchev–Trinajstić information content (AvgIpc) is 2.91. The van der Waals surface area contributed by atoms with Crippen LogP contribution >= 0.6 is 0 Å². The maximum atomic E-state index is 12.4. The van der Waals surface area contributed by atoms with Crippen molar-refractivity contribution in [3.63, 3.8) is 0 Å². The summed E-state index contributed by atoms with van der Waals surface area (Å²) in [5, 5.41) is 8.83. The number of carboxylic acid groups (broad SMARTS) is 1. The van der Waals surface area contributed by atoms with Crippen LogP contribution in [-0.2, 0) is 4.74 Å². The molecule has 0 aromatic carbocycles. The highest BCUT2D eigenvalue weighted by atomic mass is 16.5. The van der Waals surface area contributed by atoms with Gasteiger partial charge in [-0.25, -0.2) is 4.79 Å². The van der Waals surface area contributed by atoms with E-state index >= 15 is 0 Å². The van der Waals surface area contributed by atoms with Gasteiger partial charge in [-0.15, -0.1) is 0 Å². The molecule has 1 saturated carbocycles. The van der Waals surface area contributed by atoms with E-state index in [0.717, 1.165) is 6.42 Å². The standard InChI is InChI=1S/C15H21NO5/c1-5-20-12-8-11(15(12,2)3)16(4)13(17)9-6-7-10(21-9)14(18)19/h6-7,11-12H,5,8H2,1-4H3,(H,18,19)/t11-,12-/m1/s1. The number of amides is 1. The van der Waals surface area contributed by atoms with Gasteiger partial charge in [0.1, 0.15) is 0 Å². The predicted octanol–water partition coefficient (Wildman–Crippen LogP) is 2.25. The zero-order valence-electron chi connectivity index (χ0n) is 12.8. The minimum atomic E-state index is -1.18. The maximum absolute atomic E-state index is 12.4. The van der Waals surface area contributed by atoms with Crippen LogP contribution < -0.4 is 0 Å². The van der Waals surface area contributed by atoms with Crippen molar-refractivity contribution >= 4 is 11.9 Å². The fourth-order valence-corrected chi connectivity index (χ4v) is 2.89. The third-order valence-electron chi connectivity index (χ3n) is 4.31. The highest BCUT2D eigenvalue weighted by Gasteiger charge is 2.52. The van der Waals surface area contributed by atoms with Gasteiger partial charge in [-0.3, -0.25) is 4.79 Å². The van der Waals surface area contributed by atoms with E-state index < -0.39 is 5.97 Å². The number of furan rings is 1. The van der Waals surface area contributed by atoms with Crippen LogP contribution in [0.25, 0.3) is 0 Å². The summed E-state index contributed by atoms with van der Waals surface area (Å²) < 4.78 is 10.7. The lowest BCUT2D eigenvalue weighted by molar-refractivity contribution is -0.137. The molecule has 6 nitrogen and oxygen atoms in total. The van der Waals surface area contributed by atoms with Gasteiger partial charge >= 0.3 is 5.97 Å². The van der Waals surface area contributed by atoms with Crippen molar-refractivity contribution in [2.75, 3.05) is 13.7 Å². The number of aromatic carboxylic acids is 1. The van der Waals surface area contributed by atoms with Gasteiger partial charge in [0.05, 0.1) is 6.10 Å². The minimum Gasteiger partial charge on any atom is -0.475 e. The Hall–Kier alpha value is -1.82. The quantitative estimate of drug-likeness (QED) is 0.901. The van der Waals surface area contributed by atoms with E-state index in [2.05, 4.69) is 13.8 Å². The molecule has 1 amide bonds. The Morgan fingerprint density at radius 3 is 2.52 bits per heavy atom. The molecule has 0 saturated heterocycles. The molecule has 1 fully saturated rings. The van der Waals surface area contributed by atoms with Crippen LogP contribution in [0.2, 0.25) is 0 Å². The first-order valence-corrected chi connectivity index (χ1v) is 7.01. The molecule has 0 aliphatic heterocycles. The number of ether oxygens (including phenoxy) is 1. The molecule has 1 aromatic rings. The molecule has 21 heavy (non-hydrogen) atoms. The Balaban J connectivity index is 2.08. The topological polar surface area (TPSA) is 80.0 Å². The number of hydrogen-bond donors (Lipinski definition) is 1. The van der Waals surface area contributed by atoms with Crippen LogP contribution in [0.3, 0.4) is 0 Å². The molecule has 116 valence electrons. The van der Waals surface area contributed by atoms with Crippen molar-refractivity contribution in [1.29, 1.82) is 0 Å². The van der Waals surface area contributed by atoms with E-state index in [1.807, 2.05) is 6.92 Å². The second kappa shape index (κ2) is 5.52. The van der Waals surface area contributed by atoms with Crippen molar-refractivity contribution in [1.82, 2.24) is 4.90 Å². The summed E-state index contributed by atoms with van der Waals surface area (Å²) in [7, 11) is 1.71. The Labute approximate surface area is 123 Å². The summed E-state index contributed by atoms with van der Waals surface area (Å²) in [5.74, 6) is -1.68. The van der Waals surface area contributed by atoms with Crippen LogP contribution in [0.5, 0.6) is 0 Å². The van der Waals surface area contributed by atoms with Crippen molar-refractivity contribution in [3.05, 3.63) is 23.7 Å². The predicted molar refractivity (Wildman–Crippen MR) is 75.4 cm³/mol. The monoisotopic (exact) mass is 295 g/mol. The smallest absolute Gasteiger partial charge is 0.371 e. The molecule has 2 atom stereocenters. The summed E-state index contributed by atoms with van der Waals surface area (Å²) in [6, 6.07) is 2.73. The molecule has 1 N–H and O–H groups in total. The van der Waals surface area contributed by atoms with Crippen LogP contribution in [0, 0.1) is 5.41 Å². The van der Waals surface area contributed by atoms with Gasteiger partial charge in [0.15, 0.2) is 5.76 Å². The summed E-state index contributed by atoms with van der Waals surface area (Å²) in [5.41, 5.74) is -0.136.